The minimum absolute atomic E-state index is 0.0316. The summed E-state index contributed by atoms with van der Waals surface area (Å²) in [6.45, 7) is 4.14. The van der Waals surface area contributed by atoms with Gasteiger partial charge in [0.1, 0.15) is 0 Å². The number of quaternary nitrogens is 1. The van der Waals surface area contributed by atoms with Gasteiger partial charge in [-0.15, -0.1) is 0 Å². The number of carbonyl (C=O) groups is 2. The summed E-state index contributed by atoms with van der Waals surface area (Å²) in [4.78, 5) is 30.3. The van der Waals surface area contributed by atoms with Crippen molar-refractivity contribution >= 4 is 29.1 Å². The molecule has 2 atom stereocenters. The molecule has 6 heteroatoms. The van der Waals surface area contributed by atoms with Gasteiger partial charge in [-0.25, -0.2) is 4.90 Å². The predicted molar refractivity (Wildman–Crippen MR) is 96.4 cm³/mol. The highest BCUT2D eigenvalue weighted by Crippen LogP contribution is 2.34. The maximum absolute atomic E-state index is 12.6. The number of allylic oxidation sites excluding steroid dienone is 2. The van der Waals surface area contributed by atoms with Crippen molar-refractivity contribution in [3.63, 3.8) is 0 Å². The summed E-state index contributed by atoms with van der Waals surface area (Å²) in [5.74, 6) is -0.178. The van der Waals surface area contributed by atoms with Crippen molar-refractivity contribution in [1.82, 2.24) is 4.90 Å². The van der Waals surface area contributed by atoms with Crippen molar-refractivity contribution in [2.75, 3.05) is 37.7 Å². The van der Waals surface area contributed by atoms with Gasteiger partial charge in [-0.05, 0) is 31.0 Å². The van der Waals surface area contributed by atoms with Crippen LogP contribution in [0.25, 0.3) is 0 Å². The van der Waals surface area contributed by atoms with Crippen LogP contribution in [0.15, 0.2) is 36.4 Å². The van der Waals surface area contributed by atoms with Crippen molar-refractivity contribution in [2.24, 2.45) is 11.8 Å². The van der Waals surface area contributed by atoms with Gasteiger partial charge in [0, 0.05) is 10.7 Å². The fraction of sp³-hybridized carbons (Fsp3) is 0.474. The Morgan fingerprint density at radius 2 is 1.68 bits per heavy atom. The van der Waals surface area contributed by atoms with Gasteiger partial charge in [-0.3, -0.25) is 9.59 Å². The molecule has 4 rings (SSSR count). The van der Waals surface area contributed by atoms with Gasteiger partial charge in [0.15, 0.2) is 6.67 Å². The molecule has 1 aliphatic carbocycles. The zero-order valence-corrected chi connectivity index (χ0v) is 14.9. The quantitative estimate of drug-likeness (QED) is 0.645. The fourth-order valence-electron chi connectivity index (χ4n) is 4.16. The van der Waals surface area contributed by atoms with Crippen LogP contribution in [0.1, 0.15) is 12.8 Å². The standard InChI is InChI=1S/C19H22ClN3O2/c20-14-4-3-5-15(12-14)22-10-8-21(9-11-22)13-23-18(24)16-6-1-2-7-17(16)19(23)25/h1-5,12,16-17H,6-11,13H2/p+1/t16-,17-/m1/s1. The normalized spacial score (nSPS) is 27.1. The monoisotopic (exact) mass is 360 g/mol. The second kappa shape index (κ2) is 6.81. The van der Waals surface area contributed by atoms with Gasteiger partial charge in [0.25, 0.3) is 0 Å². The smallest absolute Gasteiger partial charge is 0.237 e. The SMILES string of the molecule is O=C1[C@@H]2CC=CC[C@H]2C(=O)N1C[NH+]1CCN(c2cccc(Cl)c2)CC1. The molecule has 25 heavy (non-hydrogen) atoms. The largest absolute Gasteiger partial charge is 0.360 e. The maximum Gasteiger partial charge on any atom is 0.237 e. The van der Waals surface area contributed by atoms with Gasteiger partial charge in [0.2, 0.25) is 11.8 Å². The van der Waals surface area contributed by atoms with E-state index in [4.69, 9.17) is 11.6 Å². The molecule has 1 aromatic rings. The molecule has 2 aliphatic heterocycles. The van der Waals surface area contributed by atoms with E-state index in [1.54, 1.807) is 0 Å². The number of halogens is 1. The molecule has 0 radical (unpaired) electrons. The van der Waals surface area contributed by atoms with E-state index >= 15 is 0 Å². The highest BCUT2D eigenvalue weighted by Gasteiger charge is 2.48. The van der Waals surface area contributed by atoms with Crippen molar-refractivity contribution in [3.05, 3.63) is 41.4 Å². The van der Waals surface area contributed by atoms with Crippen LogP contribution in [0.5, 0.6) is 0 Å². The third-order valence-corrected chi connectivity index (χ3v) is 5.86. The van der Waals surface area contributed by atoms with Crippen LogP contribution < -0.4 is 9.80 Å². The van der Waals surface area contributed by atoms with Crippen LogP contribution >= 0.6 is 11.6 Å². The fourth-order valence-corrected chi connectivity index (χ4v) is 4.35. The number of imide groups is 1. The van der Waals surface area contributed by atoms with E-state index in [9.17, 15) is 9.59 Å². The van der Waals surface area contributed by atoms with E-state index in [2.05, 4.69) is 11.0 Å². The lowest BCUT2D eigenvalue weighted by Gasteiger charge is -2.35. The molecule has 2 amide bonds. The first-order valence-electron chi connectivity index (χ1n) is 8.98. The number of carbonyl (C=O) groups excluding carboxylic acids is 2. The van der Waals surface area contributed by atoms with Crippen LogP contribution in [-0.2, 0) is 9.59 Å². The van der Waals surface area contributed by atoms with Crippen LogP contribution in [0, 0.1) is 11.8 Å². The molecule has 2 fully saturated rings. The minimum atomic E-state index is -0.121. The topological polar surface area (TPSA) is 45.1 Å². The summed E-state index contributed by atoms with van der Waals surface area (Å²) in [5.41, 5.74) is 1.14. The molecule has 3 aliphatic rings. The van der Waals surface area contributed by atoms with Crippen LogP contribution in [0.2, 0.25) is 5.02 Å². The molecule has 0 bridgehead atoms. The second-order valence-corrected chi connectivity index (χ2v) is 7.57. The Morgan fingerprint density at radius 1 is 1.04 bits per heavy atom. The molecule has 0 aromatic heterocycles. The van der Waals surface area contributed by atoms with Crippen molar-refractivity contribution < 1.29 is 14.5 Å². The van der Waals surface area contributed by atoms with E-state index in [1.807, 2.05) is 30.4 Å². The van der Waals surface area contributed by atoms with E-state index in [0.717, 1.165) is 36.9 Å². The Labute approximate surface area is 152 Å². The van der Waals surface area contributed by atoms with Crippen LogP contribution in [0.3, 0.4) is 0 Å². The molecule has 132 valence electrons. The zero-order valence-electron chi connectivity index (χ0n) is 14.2. The first-order chi connectivity index (χ1) is 12.1. The number of hydrogen-bond acceptors (Lipinski definition) is 3. The van der Waals surface area contributed by atoms with E-state index in [0.29, 0.717) is 19.5 Å². The molecule has 1 aromatic carbocycles. The lowest BCUT2D eigenvalue weighted by Crippen LogP contribution is -3.16. The van der Waals surface area contributed by atoms with Gasteiger partial charge < -0.3 is 9.80 Å². The van der Waals surface area contributed by atoms with E-state index < -0.39 is 0 Å². The Hall–Kier alpha value is -1.85. The molecule has 0 saturated carbocycles. The average molecular weight is 361 g/mol. The number of benzene rings is 1. The number of nitrogens with zero attached hydrogens (tertiary/aromatic N) is 2. The van der Waals surface area contributed by atoms with E-state index in [1.165, 1.54) is 9.80 Å². The summed E-state index contributed by atoms with van der Waals surface area (Å²) < 4.78 is 0. The Morgan fingerprint density at radius 3 is 2.28 bits per heavy atom. The van der Waals surface area contributed by atoms with Crippen LogP contribution in [-0.4, -0.2) is 49.6 Å². The first-order valence-corrected chi connectivity index (χ1v) is 9.35. The number of piperazine rings is 1. The zero-order chi connectivity index (χ0) is 17.4. The van der Waals surface area contributed by atoms with Crippen molar-refractivity contribution in [3.8, 4) is 0 Å². The van der Waals surface area contributed by atoms with Gasteiger partial charge in [-0.1, -0.05) is 29.8 Å². The number of rotatable bonds is 3. The first kappa shape index (κ1) is 16.6. The molecule has 5 nitrogen and oxygen atoms in total. The van der Waals surface area contributed by atoms with Gasteiger partial charge in [0.05, 0.1) is 38.0 Å². The number of anilines is 1. The number of fused-ring (bicyclic) bond motifs is 1. The number of amides is 2. The molecular weight excluding hydrogens is 338 g/mol. The highest BCUT2D eigenvalue weighted by molar-refractivity contribution is 6.30. The highest BCUT2D eigenvalue weighted by atomic mass is 35.5. The summed E-state index contributed by atoms with van der Waals surface area (Å²) in [7, 11) is 0. The van der Waals surface area contributed by atoms with Crippen LogP contribution in [0.4, 0.5) is 5.69 Å². The summed E-state index contributed by atoms with van der Waals surface area (Å²) >= 11 is 6.08. The molecular formula is C19H23ClN3O2+. The molecule has 0 unspecified atom stereocenters. The predicted octanol–water partition coefficient (Wildman–Crippen LogP) is 0.954. The van der Waals surface area contributed by atoms with Crippen molar-refractivity contribution in [2.45, 2.75) is 12.8 Å². The summed E-state index contributed by atoms with van der Waals surface area (Å²) in [5, 5.41) is 0.747. The summed E-state index contributed by atoms with van der Waals surface area (Å²) in [6.07, 6.45) is 5.49. The maximum atomic E-state index is 12.6. The number of nitrogens with one attached hydrogen (secondary N) is 1. The molecule has 0 spiro atoms. The molecule has 2 heterocycles. The Bertz CT molecular complexity index is 686. The summed E-state index contributed by atoms with van der Waals surface area (Å²) in [6, 6.07) is 7.90. The Balaban J connectivity index is 1.36. The lowest BCUT2D eigenvalue weighted by atomic mass is 9.85. The molecule has 2 saturated heterocycles. The third-order valence-electron chi connectivity index (χ3n) is 5.62. The third kappa shape index (κ3) is 3.18. The van der Waals surface area contributed by atoms with E-state index in [-0.39, 0.29) is 23.7 Å². The lowest BCUT2D eigenvalue weighted by molar-refractivity contribution is -0.908. The second-order valence-electron chi connectivity index (χ2n) is 7.14. The van der Waals surface area contributed by atoms with Crippen molar-refractivity contribution in [1.29, 1.82) is 0 Å². The minimum Gasteiger partial charge on any atom is -0.360 e. The number of hydrogen-bond donors (Lipinski definition) is 1. The molecule has 1 N–H and O–H groups in total. The average Bonchev–Trinajstić information content (AvgIpc) is 2.88. The van der Waals surface area contributed by atoms with Gasteiger partial charge >= 0.3 is 0 Å². The Kier molecular flexibility index (Phi) is 4.52. The number of likely N-dealkylation sites (tertiary alicyclic amines) is 1. The van der Waals surface area contributed by atoms with Gasteiger partial charge in [-0.2, -0.15) is 0 Å².